The number of benzene rings is 1. The van der Waals surface area contributed by atoms with E-state index >= 15 is 0 Å². The van der Waals surface area contributed by atoms with Crippen LogP contribution in [0.1, 0.15) is 42.4 Å². The van der Waals surface area contributed by atoms with Crippen molar-refractivity contribution in [3.8, 4) is 0 Å². The minimum atomic E-state index is 0.0631. The van der Waals surface area contributed by atoms with Crippen molar-refractivity contribution in [2.75, 3.05) is 13.1 Å². The Bertz CT molecular complexity index is 686. The van der Waals surface area contributed by atoms with Crippen LogP contribution in [0.5, 0.6) is 0 Å². The molecule has 1 aliphatic rings. The van der Waals surface area contributed by atoms with Crippen molar-refractivity contribution in [3.63, 3.8) is 0 Å². The summed E-state index contributed by atoms with van der Waals surface area (Å²) < 4.78 is 7.67. The summed E-state index contributed by atoms with van der Waals surface area (Å²) in [7, 11) is 0. The summed E-state index contributed by atoms with van der Waals surface area (Å²) in [4.78, 5) is 14.8. The van der Waals surface area contributed by atoms with Crippen molar-refractivity contribution in [1.29, 1.82) is 0 Å². The Balaban J connectivity index is 1.82. The first kappa shape index (κ1) is 16.7. The molecule has 5 nitrogen and oxygen atoms in total. The number of morpholine rings is 1. The zero-order valence-electron chi connectivity index (χ0n) is 14.6. The van der Waals surface area contributed by atoms with Crippen LogP contribution in [0.25, 0.3) is 0 Å². The average Bonchev–Trinajstić information content (AvgIpc) is 2.96. The lowest BCUT2D eigenvalue weighted by Gasteiger charge is -2.35. The van der Waals surface area contributed by atoms with E-state index in [9.17, 15) is 4.79 Å². The number of hydrogen-bond acceptors (Lipinski definition) is 3. The minimum absolute atomic E-state index is 0.0631. The Morgan fingerprint density at radius 1 is 1.21 bits per heavy atom. The molecule has 3 rings (SSSR count). The number of ether oxygens (including phenoxy) is 1. The van der Waals surface area contributed by atoms with Gasteiger partial charge in [0.15, 0.2) is 0 Å². The van der Waals surface area contributed by atoms with Crippen molar-refractivity contribution in [2.24, 2.45) is 0 Å². The highest BCUT2D eigenvalue weighted by atomic mass is 16.5. The van der Waals surface area contributed by atoms with Crippen LogP contribution in [-0.2, 0) is 17.7 Å². The van der Waals surface area contributed by atoms with Crippen LogP contribution in [0.15, 0.2) is 36.5 Å². The largest absolute Gasteiger partial charge is 0.372 e. The van der Waals surface area contributed by atoms with Gasteiger partial charge in [-0.1, -0.05) is 37.3 Å². The van der Waals surface area contributed by atoms with Gasteiger partial charge >= 0.3 is 0 Å². The van der Waals surface area contributed by atoms with Crippen molar-refractivity contribution in [3.05, 3.63) is 53.3 Å². The number of nitrogens with zero attached hydrogens (tertiary/aromatic N) is 3. The molecule has 1 saturated heterocycles. The summed E-state index contributed by atoms with van der Waals surface area (Å²) in [5, 5.41) is 4.47. The standard InChI is InChI=1S/C19H25N3O2/c1-4-18-17(19(23)21-11-14(2)24-15(3)12-21)10-20-22(18)13-16-8-6-5-7-9-16/h5-10,14-15H,4,11-13H2,1-3H3. The maximum atomic E-state index is 13.0. The number of carbonyl (C=O) groups excluding carboxylic acids is 1. The van der Waals surface area contributed by atoms with Gasteiger partial charge in [-0.15, -0.1) is 0 Å². The second kappa shape index (κ2) is 7.18. The molecule has 0 N–H and O–H groups in total. The van der Waals surface area contributed by atoms with Crippen LogP contribution < -0.4 is 0 Å². The first-order chi connectivity index (χ1) is 11.6. The van der Waals surface area contributed by atoms with Crippen LogP contribution in [0.2, 0.25) is 0 Å². The van der Waals surface area contributed by atoms with Gasteiger partial charge in [-0.25, -0.2) is 0 Å². The highest BCUT2D eigenvalue weighted by Gasteiger charge is 2.29. The SMILES string of the molecule is CCc1c(C(=O)N2CC(C)OC(C)C2)cnn1Cc1ccccc1. The maximum Gasteiger partial charge on any atom is 0.257 e. The molecule has 1 aliphatic heterocycles. The summed E-state index contributed by atoms with van der Waals surface area (Å²) in [5.74, 6) is 0.0631. The third-order valence-corrected chi connectivity index (χ3v) is 4.40. The Morgan fingerprint density at radius 2 is 1.88 bits per heavy atom. The molecule has 2 aromatic rings. The van der Waals surface area contributed by atoms with Crippen LogP contribution >= 0.6 is 0 Å². The fraction of sp³-hybridized carbons (Fsp3) is 0.474. The van der Waals surface area contributed by atoms with E-state index in [-0.39, 0.29) is 18.1 Å². The Hall–Kier alpha value is -2.14. The minimum Gasteiger partial charge on any atom is -0.372 e. The molecule has 5 heteroatoms. The van der Waals surface area contributed by atoms with Crippen molar-refractivity contribution in [1.82, 2.24) is 14.7 Å². The lowest BCUT2D eigenvalue weighted by Crippen LogP contribution is -2.48. The second-order valence-corrected chi connectivity index (χ2v) is 6.47. The molecule has 0 aliphatic carbocycles. The summed E-state index contributed by atoms with van der Waals surface area (Å²) >= 11 is 0. The van der Waals surface area contributed by atoms with E-state index in [1.165, 1.54) is 5.56 Å². The molecular formula is C19H25N3O2. The molecule has 2 unspecified atom stereocenters. The van der Waals surface area contributed by atoms with Crippen LogP contribution in [0.4, 0.5) is 0 Å². The van der Waals surface area contributed by atoms with E-state index in [0.29, 0.717) is 19.6 Å². The first-order valence-corrected chi connectivity index (χ1v) is 8.61. The topological polar surface area (TPSA) is 47.4 Å². The van der Waals surface area contributed by atoms with Gasteiger partial charge in [0.25, 0.3) is 5.91 Å². The van der Waals surface area contributed by atoms with E-state index < -0.39 is 0 Å². The lowest BCUT2D eigenvalue weighted by molar-refractivity contribution is -0.0586. The average molecular weight is 327 g/mol. The Morgan fingerprint density at radius 3 is 2.50 bits per heavy atom. The van der Waals surface area contributed by atoms with Gasteiger partial charge in [-0.2, -0.15) is 5.10 Å². The second-order valence-electron chi connectivity index (χ2n) is 6.47. The third kappa shape index (κ3) is 3.51. The van der Waals surface area contributed by atoms with E-state index in [0.717, 1.165) is 17.7 Å². The van der Waals surface area contributed by atoms with Gasteiger partial charge in [0.05, 0.1) is 36.2 Å². The Kier molecular flexibility index (Phi) is 5.00. The van der Waals surface area contributed by atoms with E-state index in [4.69, 9.17) is 4.74 Å². The molecular weight excluding hydrogens is 302 g/mol. The number of aromatic nitrogens is 2. The first-order valence-electron chi connectivity index (χ1n) is 8.61. The van der Waals surface area contributed by atoms with Gasteiger partial charge in [0, 0.05) is 13.1 Å². The van der Waals surface area contributed by atoms with Crippen LogP contribution in [0.3, 0.4) is 0 Å². The van der Waals surface area contributed by atoms with Crippen LogP contribution in [0, 0.1) is 0 Å². The van der Waals surface area contributed by atoms with Gasteiger partial charge in [-0.05, 0) is 25.8 Å². The quantitative estimate of drug-likeness (QED) is 0.867. The molecule has 1 aromatic carbocycles. The smallest absolute Gasteiger partial charge is 0.257 e. The summed E-state index contributed by atoms with van der Waals surface area (Å²) in [5.41, 5.74) is 2.90. The molecule has 1 amide bonds. The maximum absolute atomic E-state index is 13.0. The van der Waals surface area contributed by atoms with E-state index in [2.05, 4.69) is 24.2 Å². The molecule has 2 atom stereocenters. The van der Waals surface area contributed by atoms with Crippen molar-refractivity contribution in [2.45, 2.75) is 45.9 Å². The highest BCUT2D eigenvalue weighted by Crippen LogP contribution is 2.18. The zero-order chi connectivity index (χ0) is 17.1. The zero-order valence-corrected chi connectivity index (χ0v) is 14.6. The van der Waals surface area contributed by atoms with Gasteiger partial charge in [0.2, 0.25) is 0 Å². The molecule has 0 spiro atoms. The normalized spacial score (nSPS) is 21.0. The number of amides is 1. The monoisotopic (exact) mass is 327 g/mol. The number of rotatable bonds is 4. The van der Waals surface area contributed by atoms with E-state index in [1.807, 2.05) is 41.6 Å². The predicted molar refractivity (Wildman–Crippen MR) is 93.1 cm³/mol. The fourth-order valence-corrected chi connectivity index (χ4v) is 3.37. The van der Waals surface area contributed by atoms with Gasteiger partial charge < -0.3 is 9.64 Å². The number of carbonyl (C=O) groups is 1. The summed E-state index contributed by atoms with van der Waals surface area (Å²) in [6.45, 7) is 8.05. The van der Waals surface area contributed by atoms with Crippen molar-refractivity contribution < 1.29 is 9.53 Å². The van der Waals surface area contributed by atoms with Gasteiger partial charge in [0.1, 0.15) is 0 Å². The molecule has 2 heterocycles. The lowest BCUT2D eigenvalue weighted by atomic mass is 10.1. The molecule has 0 bridgehead atoms. The molecule has 24 heavy (non-hydrogen) atoms. The van der Waals surface area contributed by atoms with Crippen LogP contribution in [-0.4, -0.2) is 45.9 Å². The van der Waals surface area contributed by atoms with E-state index in [1.54, 1.807) is 6.20 Å². The molecule has 1 aromatic heterocycles. The third-order valence-electron chi connectivity index (χ3n) is 4.40. The molecule has 0 radical (unpaired) electrons. The summed E-state index contributed by atoms with van der Waals surface area (Å²) in [6.07, 6.45) is 2.64. The molecule has 1 fully saturated rings. The predicted octanol–water partition coefficient (Wildman–Crippen LogP) is 2.74. The highest BCUT2D eigenvalue weighted by molar-refractivity contribution is 5.95. The van der Waals surface area contributed by atoms with Crippen molar-refractivity contribution >= 4 is 5.91 Å². The van der Waals surface area contributed by atoms with Gasteiger partial charge in [-0.3, -0.25) is 9.48 Å². The molecule has 0 saturated carbocycles. The molecule has 128 valence electrons. The fourth-order valence-electron chi connectivity index (χ4n) is 3.37. The number of hydrogen-bond donors (Lipinski definition) is 0. The Labute approximate surface area is 143 Å². The summed E-state index contributed by atoms with van der Waals surface area (Å²) in [6, 6.07) is 10.2.